The average molecular weight is 312 g/mol. The van der Waals surface area contributed by atoms with Crippen LogP contribution in [-0.2, 0) is 6.42 Å². The van der Waals surface area contributed by atoms with Gasteiger partial charge < -0.3 is 10.1 Å². The quantitative estimate of drug-likeness (QED) is 0.896. The molecule has 0 aliphatic rings. The third kappa shape index (κ3) is 3.71. The molecule has 0 aliphatic carbocycles. The van der Waals surface area contributed by atoms with Crippen LogP contribution in [0.15, 0.2) is 36.4 Å². The van der Waals surface area contributed by atoms with Gasteiger partial charge in [-0.05, 0) is 48.9 Å². The standard InChI is InChI=1S/C16H16ClF2NO/c1-20-15(11-4-5-13(18)12(17)9-11)8-10-3-6-16(21-2)14(19)7-10/h3-7,9,15,20H,8H2,1-2H3. The zero-order valence-electron chi connectivity index (χ0n) is 11.8. The Bertz CT molecular complexity index is 634. The predicted molar refractivity (Wildman–Crippen MR) is 79.9 cm³/mol. The first-order valence-corrected chi connectivity index (χ1v) is 6.87. The van der Waals surface area contributed by atoms with Gasteiger partial charge in [0, 0.05) is 6.04 Å². The smallest absolute Gasteiger partial charge is 0.165 e. The maximum Gasteiger partial charge on any atom is 0.165 e. The zero-order chi connectivity index (χ0) is 15.4. The molecule has 0 aromatic heterocycles. The monoisotopic (exact) mass is 311 g/mol. The fourth-order valence-corrected chi connectivity index (χ4v) is 2.38. The lowest BCUT2D eigenvalue weighted by molar-refractivity contribution is 0.386. The summed E-state index contributed by atoms with van der Waals surface area (Å²) in [6.07, 6.45) is 0.555. The summed E-state index contributed by atoms with van der Waals surface area (Å²) in [5.41, 5.74) is 1.66. The molecule has 0 heterocycles. The van der Waals surface area contributed by atoms with Gasteiger partial charge in [0.1, 0.15) is 5.82 Å². The number of hydrogen-bond acceptors (Lipinski definition) is 2. The van der Waals surface area contributed by atoms with Crippen molar-refractivity contribution in [1.29, 1.82) is 0 Å². The van der Waals surface area contributed by atoms with Crippen molar-refractivity contribution >= 4 is 11.6 Å². The molecule has 2 rings (SSSR count). The van der Waals surface area contributed by atoms with Crippen LogP contribution in [0.25, 0.3) is 0 Å². The fourth-order valence-electron chi connectivity index (χ4n) is 2.19. The van der Waals surface area contributed by atoms with Crippen molar-refractivity contribution in [2.75, 3.05) is 14.2 Å². The van der Waals surface area contributed by atoms with Crippen LogP contribution in [0.4, 0.5) is 8.78 Å². The minimum atomic E-state index is -0.453. The number of halogens is 3. The summed E-state index contributed by atoms with van der Waals surface area (Å²) in [4.78, 5) is 0. The Balaban J connectivity index is 2.22. The molecule has 0 saturated carbocycles. The molecule has 0 spiro atoms. The summed E-state index contributed by atoms with van der Waals surface area (Å²) in [6.45, 7) is 0. The molecule has 0 radical (unpaired) electrons. The van der Waals surface area contributed by atoms with Gasteiger partial charge in [-0.3, -0.25) is 0 Å². The minimum absolute atomic E-state index is 0.0775. The normalized spacial score (nSPS) is 12.2. The Kier molecular flexibility index (Phi) is 5.15. The van der Waals surface area contributed by atoms with E-state index in [1.165, 1.54) is 19.2 Å². The number of likely N-dealkylation sites (N-methyl/N-ethyl adjacent to an activating group) is 1. The van der Waals surface area contributed by atoms with Crippen molar-refractivity contribution in [1.82, 2.24) is 5.32 Å². The molecule has 0 saturated heterocycles. The lowest BCUT2D eigenvalue weighted by Gasteiger charge is -2.17. The summed E-state index contributed by atoms with van der Waals surface area (Å²) in [5, 5.41) is 3.20. The Morgan fingerprint density at radius 3 is 2.48 bits per heavy atom. The first-order valence-electron chi connectivity index (χ1n) is 6.49. The molecule has 0 aliphatic heterocycles. The molecule has 21 heavy (non-hydrogen) atoms. The van der Waals surface area contributed by atoms with E-state index in [4.69, 9.17) is 16.3 Å². The molecule has 0 bridgehead atoms. The Hall–Kier alpha value is -1.65. The highest BCUT2D eigenvalue weighted by molar-refractivity contribution is 6.30. The fraction of sp³-hybridized carbons (Fsp3) is 0.250. The van der Waals surface area contributed by atoms with Gasteiger partial charge in [0.15, 0.2) is 11.6 Å². The van der Waals surface area contributed by atoms with E-state index >= 15 is 0 Å². The van der Waals surface area contributed by atoms with Crippen molar-refractivity contribution in [2.24, 2.45) is 0 Å². The van der Waals surface area contributed by atoms with E-state index in [1.807, 2.05) is 0 Å². The molecule has 2 aromatic carbocycles. The van der Waals surface area contributed by atoms with Crippen LogP contribution in [0, 0.1) is 11.6 Å². The van der Waals surface area contributed by atoms with E-state index in [0.717, 1.165) is 11.1 Å². The van der Waals surface area contributed by atoms with Crippen LogP contribution in [0.1, 0.15) is 17.2 Å². The molecule has 1 N–H and O–H groups in total. The summed E-state index contributed by atoms with van der Waals surface area (Å²) >= 11 is 5.80. The van der Waals surface area contributed by atoms with Crippen LogP contribution in [0.5, 0.6) is 5.75 Å². The van der Waals surface area contributed by atoms with Crippen molar-refractivity contribution in [3.05, 3.63) is 64.2 Å². The number of methoxy groups -OCH3 is 1. The first kappa shape index (κ1) is 15.7. The average Bonchev–Trinajstić information content (AvgIpc) is 2.48. The van der Waals surface area contributed by atoms with E-state index in [0.29, 0.717) is 6.42 Å². The molecule has 0 amide bonds. The number of ether oxygens (including phenoxy) is 1. The highest BCUT2D eigenvalue weighted by Gasteiger charge is 2.13. The number of hydrogen-bond donors (Lipinski definition) is 1. The maximum absolute atomic E-state index is 13.7. The molecule has 1 unspecified atom stereocenters. The van der Waals surface area contributed by atoms with Gasteiger partial charge in [-0.15, -0.1) is 0 Å². The van der Waals surface area contributed by atoms with Crippen LogP contribution in [-0.4, -0.2) is 14.2 Å². The maximum atomic E-state index is 13.7. The van der Waals surface area contributed by atoms with E-state index in [2.05, 4.69) is 5.32 Å². The SMILES string of the molecule is CNC(Cc1ccc(OC)c(F)c1)c1ccc(F)c(Cl)c1. The van der Waals surface area contributed by atoms with Gasteiger partial charge in [-0.25, -0.2) is 8.78 Å². The second-order valence-electron chi connectivity index (χ2n) is 4.69. The van der Waals surface area contributed by atoms with Gasteiger partial charge in [0.05, 0.1) is 12.1 Å². The Morgan fingerprint density at radius 2 is 1.90 bits per heavy atom. The lowest BCUT2D eigenvalue weighted by atomic mass is 9.99. The molecule has 1 atom stereocenters. The molecule has 2 nitrogen and oxygen atoms in total. The second kappa shape index (κ2) is 6.87. The molecule has 112 valence electrons. The van der Waals surface area contributed by atoms with Crippen LogP contribution in [0.3, 0.4) is 0 Å². The van der Waals surface area contributed by atoms with Gasteiger partial charge in [-0.1, -0.05) is 23.7 Å². The minimum Gasteiger partial charge on any atom is -0.494 e. The highest BCUT2D eigenvalue weighted by Crippen LogP contribution is 2.25. The van der Waals surface area contributed by atoms with Crippen molar-refractivity contribution in [3.63, 3.8) is 0 Å². The van der Waals surface area contributed by atoms with Gasteiger partial charge in [0.25, 0.3) is 0 Å². The molecular weight excluding hydrogens is 296 g/mol. The Morgan fingerprint density at radius 1 is 1.14 bits per heavy atom. The van der Waals surface area contributed by atoms with E-state index in [1.54, 1.807) is 31.3 Å². The lowest BCUT2D eigenvalue weighted by Crippen LogP contribution is -2.19. The number of rotatable bonds is 5. The first-order chi connectivity index (χ1) is 10.0. The summed E-state index contributed by atoms with van der Waals surface area (Å²) < 4.78 is 31.8. The van der Waals surface area contributed by atoms with Gasteiger partial charge in [0.2, 0.25) is 0 Å². The number of nitrogens with one attached hydrogen (secondary N) is 1. The second-order valence-corrected chi connectivity index (χ2v) is 5.10. The van der Waals surface area contributed by atoms with Crippen molar-refractivity contribution in [2.45, 2.75) is 12.5 Å². The topological polar surface area (TPSA) is 21.3 Å². The molecule has 0 fully saturated rings. The van der Waals surface area contributed by atoms with Crippen molar-refractivity contribution in [3.8, 4) is 5.75 Å². The summed E-state index contributed by atoms with van der Waals surface area (Å²) in [5.74, 6) is -0.641. The third-order valence-corrected chi connectivity index (χ3v) is 3.64. The van der Waals surface area contributed by atoms with Crippen LogP contribution < -0.4 is 10.1 Å². The summed E-state index contributed by atoms with van der Waals surface area (Å²) in [6, 6.07) is 9.33. The highest BCUT2D eigenvalue weighted by atomic mass is 35.5. The van der Waals surface area contributed by atoms with E-state index < -0.39 is 11.6 Å². The van der Waals surface area contributed by atoms with Gasteiger partial charge >= 0.3 is 0 Å². The van der Waals surface area contributed by atoms with Gasteiger partial charge in [-0.2, -0.15) is 0 Å². The number of benzene rings is 2. The largest absolute Gasteiger partial charge is 0.494 e. The third-order valence-electron chi connectivity index (χ3n) is 3.35. The molecule has 5 heteroatoms. The predicted octanol–water partition coefficient (Wildman–Crippen LogP) is 4.13. The van der Waals surface area contributed by atoms with Crippen molar-refractivity contribution < 1.29 is 13.5 Å². The zero-order valence-corrected chi connectivity index (χ0v) is 12.5. The molecule has 2 aromatic rings. The van der Waals surface area contributed by atoms with Crippen LogP contribution in [0.2, 0.25) is 5.02 Å². The van der Waals surface area contributed by atoms with E-state index in [9.17, 15) is 8.78 Å². The molecular formula is C16H16ClF2NO. The summed E-state index contributed by atoms with van der Waals surface area (Å²) in [7, 11) is 3.22. The van der Waals surface area contributed by atoms with E-state index in [-0.39, 0.29) is 16.8 Å². The van der Waals surface area contributed by atoms with Crippen LogP contribution >= 0.6 is 11.6 Å². The Labute approximate surface area is 127 Å².